The van der Waals surface area contributed by atoms with Crippen LogP contribution in [-0.2, 0) is 14.6 Å². The molecule has 136 valence electrons. The molecular weight excluding hydrogens is 346 g/mol. The lowest BCUT2D eigenvalue weighted by atomic mass is 10.2. The van der Waals surface area contributed by atoms with E-state index < -0.39 is 9.84 Å². The zero-order chi connectivity index (χ0) is 18.0. The van der Waals surface area contributed by atoms with E-state index in [4.69, 9.17) is 0 Å². The summed E-state index contributed by atoms with van der Waals surface area (Å²) in [7, 11) is -1.18. The van der Waals surface area contributed by atoms with Crippen LogP contribution in [0.5, 0.6) is 0 Å². The summed E-state index contributed by atoms with van der Waals surface area (Å²) in [6.07, 6.45) is 4.28. The summed E-state index contributed by atoms with van der Waals surface area (Å²) in [5.41, 5.74) is 0.246. The highest BCUT2D eigenvalue weighted by Gasteiger charge is 2.31. The van der Waals surface area contributed by atoms with Gasteiger partial charge in [0, 0.05) is 39.3 Å². The summed E-state index contributed by atoms with van der Waals surface area (Å²) in [5.74, 6) is 0.645. The van der Waals surface area contributed by atoms with Crippen LogP contribution in [0, 0.1) is 0 Å². The normalized spacial score (nSPS) is 22.7. The molecule has 3 rings (SSSR count). The van der Waals surface area contributed by atoms with Crippen molar-refractivity contribution in [1.29, 1.82) is 0 Å². The fourth-order valence-corrected chi connectivity index (χ4v) is 4.85. The van der Waals surface area contributed by atoms with Gasteiger partial charge in [0.1, 0.15) is 11.5 Å². The summed E-state index contributed by atoms with van der Waals surface area (Å²) in [6, 6.07) is -0.114. The van der Waals surface area contributed by atoms with Crippen LogP contribution >= 0.6 is 0 Å². The summed E-state index contributed by atoms with van der Waals surface area (Å²) in [4.78, 5) is 36.7. The Morgan fingerprint density at radius 2 is 1.96 bits per heavy atom. The van der Waals surface area contributed by atoms with Crippen molar-refractivity contribution >= 4 is 28.0 Å². The average Bonchev–Trinajstić information content (AvgIpc) is 3.00. The molecule has 0 aliphatic carbocycles. The Labute approximate surface area is 146 Å². The Hall–Kier alpha value is -2.23. The van der Waals surface area contributed by atoms with Gasteiger partial charge in [-0.15, -0.1) is 0 Å². The molecule has 2 aliphatic rings. The molecule has 1 aromatic rings. The largest absolute Gasteiger partial charge is 0.354 e. The molecule has 0 spiro atoms. The molecule has 0 aromatic carbocycles. The third kappa shape index (κ3) is 3.89. The van der Waals surface area contributed by atoms with Crippen LogP contribution in [0.2, 0.25) is 0 Å². The van der Waals surface area contributed by atoms with Crippen LogP contribution in [0.15, 0.2) is 12.4 Å². The number of sulfone groups is 1. The van der Waals surface area contributed by atoms with Gasteiger partial charge in [0.25, 0.3) is 5.91 Å². The van der Waals surface area contributed by atoms with E-state index in [1.54, 1.807) is 21.7 Å². The van der Waals surface area contributed by atoms with Crippen molar-refractivity contribution in [2.24, 2.45) is 0 Å². The van der Waals surface area contributed by atoms with E-state index in [-0.39, 0.29) is 29.1 Å². The van der Waals surface area contributed by atoms with Gasteiger partial charge in [-0.2, -0.15) is 0 Å². The van der Waals surface area contributed by atoms with Crippen molar-refractivity contribution < 1.29 is 18.0 Å². The van der Waals surface area contributed by atoms with Crippen LogP contribution < -0.4 is 4.90 Å². The molecule has 25 heavy (non-hydrogen) atoms. The number of rotatable bonds is 4. The van der Waals surface area contributed by atoms with Crippen LogP contribution in [-0.4, -0.2) is 91.3 Å². The van der Waals surface area contributed by atoms with E-state index in [0.29, 0.717) is 38.4 Å². The molecule has 0 N–H and O–H groups in total. The van der Waals surface area contributed by atoms with Crippen LogP contribution in [0.1, 0.15) is 16.9 Å². The Kier molecular flexibility index (Phi) is 4.89. The summed E-state index contributed by atoms with van der Waals surface area (Å²) in [5, 5.41) is 0. The zero-order valence-electron chi connectivity index (χ0n) is 14.0. The SMILES string of the molecule is CN(c1cnc(C(=O)N2CCN(C=O)CC2)cn1)C1CCS(=O)(=O)C1. The minimum absolute atomic E-state index is 0.114. The van der Waals surface area contributed by atoms with E-state index in [9.17, 15) is 18.0 Å². The van der Waals surface area contributed by atoms with Gasteiger partial charge < -0.3 is 14.7 Å². The van der Waals surface area contributed by atoms with Crippen molar-refractivity contribution in [1.82, 2.24) is 19.8 Å². The van der Waals surface area contributed by atoms with Gasteiger partial charge >= 0.3 is 0 Å². The Balaban J connectivity index is 1.64. The third-order valence-electron chi connectivity index (χ3n) is 4.73. The summed E-state index contributed by atoms with van der Waals surface area (Å²) < 4.78 is 23.2. The molecule has 2 aliphatic heterocycles. The van der Waals surface area contributed by atoms with Gasteiger partial charge in [-0.25, -0.2) is 18.4 Å². The van der Waals surface area contributed by atoms with Crippen LogP contribution in [0.3, 0.4) is 0 Å². The first-order valence-corrected chi connectivity index (χ1v) is 9.96. The molecule has 1 unspecified atom stereocenters. The molecule has 9 nitrogen and oxygen atoms in total. The van der Waals surface area contributed by atoms with Gasteiger partial charge in [0.15, 0.2) is 9.84 Å². The fraction of sp³-hybridized carbons (Fsp3) is 0.600. The van der Waals surface area contributed by atoms with Gasteiger partial charge in [0.05, 0.1) is 23.9 Å². The molecule has 0 bridgehead atoms. The standard InChI is InChI=1S/C15H21N5O4S/c1-18(12-2-7-25(23,24)10-12)14-9-16-13(8-17-14)15(22)20-5-3-19(11-21)4-6-20/h8-9,11-12H,2-7,10H2,1H3. The maximum Gasteiger partial charge on any atom is 0.274 e. The molecule has 2 fully saturated rings. The van der Waals surface area contributed by atoms with Crippen molar-refractivity contribution in [3.05, 3.63) is 18.1 Å². The van der Waals surface area contributed by atoms with E-state index in [2.05, 4.69) is 9.97 Å². The van der Waals surface area contributed by atoms with Crippen molar-refractivity contribution in [3.8, 4) is 0 Å². The van der Waals surface area contributed by atoms with Crippen molar-refractivity contribution in [2.75, 3.05) is 49.6 Å². The number of aromatic nitrogens is 2. The maximum atomic E-state index is 12.4. The molecule has 1 atom stereocenters. The Bertz CT molecular complexity index is 744. The quantitative estimate of drug-likeness (QED) is 0.630. The highest BCUT2D eigenvalue weighted by atomic mass is 32.2. The number of nitrogens with zero attached hydrogens (tertiary/aromatic N) is 5. The Morgan fingerprint density at radius 3 is 2.48 bits per heavy atom. The second-order valence-electron chi connectivity index (χ2n) is 6.36. The molecule has 0 radical (unpaired) electrons. The summed E-state index contributed by atoms with van der Waals surface area (Å²) >= 11 is 0. The molecule has 2 saturated heterocycles. The molecule has 1 aromatic heterocycles. The predicted octanol–water partition coefficient (Wildman–Crippen LogP) is -0.986. The minimum Gasteiger partial charge on any atom is -0.354 e. The minimum atomic E-state index is -2.97. The fourth-order valence-electron chi connectivity index (χ4n) is 3.07. The first-order valence-electron chi connectivity index (χ1n) is 8.13. The third-order valence-corrected chi connectivity index (χ3v) is 6.48. The van der Waals surface area contributed by atoms with Gasteiger partial charge in [0.2, 0.25) is 6.41 Å². The lowest BCUT2D eigenvalue weighted by Gasteiger charge is -2.32. The number of anilines is 1. The van der Waals surface area contributed by atoms with Crippen molar-refractivity contribution in [3.63, 3.8) is 0 Å². The first-order chi connectivity index (χ1) is 11.9. The molecule has 3 heterocycles. The number of amides is 2. The highest BCUT2D eigenvalue weighted by Crippen LogP contribution is 2.21. The molecule has 10 heteroatoms. The van der Waals surface area contributed by atoms with Gasteiger partial charge in [-0.1, -0.05) is 0 Å². The van der Waals surface area contributed by atoms with Gasteiger partial charge in [-0.3, -0.25) is 9.59 Å². The van der Waals surface area contributed by atoms with Crippen LogP contribution in [0.25, 0.3) is 0 Å². The maximum absolute atomic E-state index is 12.4. The smallest absolute Gasteiger partial charge is 0.274 e. The van der Waals surface area contributed by atoms with Crippen molar-refractivity contribution in [2.45, 2.75) is 12.5 Å². The number of hydrogen-bond donors (Lipinski definition) is 0. The summed E-state index contributed by atoms with van der Waals surface area (Å²) in [6.45, 7) is 1.97. The van der Waals surface area contributed by atoms with E-state index in [0.717, 1.165) is 6.41 Å². The topological polar surface area (TPSA) is 104 Å². The van der Waals surface area contributed by atoms with Gasteiger partial charge in [-0.05, 0) is 6.42 Å². The number of carbonyl (C=O) groups is 2. The lowest BCUT2D eigenvalue weighted by Crippen LogP contribution is -2.48. The van der Waals surface area contributed by atoms with E-state index in [1.165, 1.54) is 12.4 Å². The second-order valence-corrected chi connectivity index (χ2v) is 8.59. The average molecular weight is 367 g/mol. The molecule has 2 amide bonds. The van der Waals surface area contributed by atoms with E-state index >= 15 is 0 Å². The highest BCUT2D eigenvalue weighted by molar-refractivity contribution is 7.91. The lowest BCUT2D eigenvalue weighted by molar-refractivity contribution is -0.119. The first kappa shape index (κ1) is 17.6. The number of carbonyl (C=O) groups excluding carboxylic acids is 2. The molecule has 0 saturated carbocycles. The predicted molar refractivity (Wildman–Crippen MR) is 91.0 cm³/mol. The zero-order valence-corrected chi connectivity index (χ0v) is 14.9. The second kappa shape index (κ2) is 6.95. The Morgan fingerprint density at radius 1 is 1.24 bits per heavy atom. The monoisotopic (exact) mass is 367 g/mol. The number of hydrogen-bond acceptors (Lipinski definition) is 7. The number of piperazine rings is 1. The van der Waals surface area contributed by atoms with Crippen LogP contribution in [0.4, 0.5) is 5.82 Å². The van der Waals surface area contributed by atoms with E-state index in [1.807, 2.05) is 0 Å². The molecular formula is C15H21N5O4S.